The molecule has 25 heavy (non-hydrogen) atoms. The lowest BCUT2D eigenvalue weighted by molar-refractivity contribution is -0.129. The highest BCUT2D eigenvalue weighted by molar-refractivity contribution is 6.05. The normalized spacial score (nSPS) is 13.8. The summed E-state index contributed by atoms with van der Waals surface area (Å²) in [5.74, 6) is 0.0722. The van der Waals surface area contributed by atoms with Crippen molar-refractivity contribution in [3.63, 3.8) is 0 Å². The second-order valence-electron chi connectivity index (χ2n) is 6.73. The van der Waals surface area contributed by atoms with Crippen molar-refractivity contribution in [1.29, 1.82) is 0 Å². The fraction of sp³-hybridized carbons (Fsp3) is 0.333. The maximum absolute atomic E-state index is 12.4. The van der Waals surface area contributed by atoms with Crippen LogP contribution >= 0.6 is 0 Å². The number of nitrogens with one attached hydrogen (secondary N) is 1. The van der Waals surface area contributed by atoms with Gasteiger partial charge in [0.25, 0.3) is 5.91 Å². The Hall–Kier alpha value is -2.62. The van der Waals surface area contributed by atoms with Crippen molar-refractivity contribution >= 4 is 17.5 Å². The molecule has 1 fully saturated rings. The smallest absolute Gasteiger partial charge is 0.255 e. The predicted molar refractivity (Wildman–Crippen MR) is 99.8 cm³/mol. The molecule has 0 unspecified atom stereocenters. The first kappa shape index (κ1) is 17.2. The molecular weight excluding hydrogens is 312 g/mol. The zero-order valence-electron chi connectivity index (χ0n) is 14.8. The number of anilines is 1. The lowest BCUT2D eigenvalue weighted by Gasteiger charge is -2.15. The van der Waals surface area contributed by atoms with E-state index in [0.717, 1.165) is 48.3 Å². The molecule has 0 aliphatic carbocycles. The van der Waals surface area contributed by atoms with Crippen LogP contribution in [0.25, 0.3) is 0 Å². The van der Waals surface area contributed by atoms with Gasteiger partial charge in [-0.2, -0.15) is 0 Å². The fourth-order valence-electron chi connectivity index (χ4n) is 3.23. The molecule has 0 bridgehead atoms. The van der Waals surface area contributed by atoms with Gasteiger partial charge in [-0.05, 0) is 56.0 Å². The Kier molecular flexibility index (Phi) is 5.17. The Balaban J connectivity index is 1.62. The van der Waals surface area contributed by atoms with E-state index in [2.05, 4.69) is 5.32 Å². The predicted octanol–water partition coefficient (Wildman–Crippen LogP) is 3.72. The van der Waals surface area contributed by atoms with Crippen molar-refractivity contribution in [2.24, 2.45) is 0 Å². The molecule has 1 N–H and O–H groups in total. The minimum Gasteiger partial charge on any atom is -0.342 e. The third-order valence-electron chi connectivity index (χ3n) is 4.65. The molecule has 2 aromatic rings. The number of benzene rings is 2. The Morgan fingerprint density at radius 3 is 2.32 bits per heavy atom. The molecule has 4 nitrogen and oxygen atoms in total. The van der Waals surface area contributed by atoms with Crippen LogP contribution < -0.4 is 5.32 Å². The molecule has 0 atom stereocenters. The monoisotopic (exact) mass is 336 g/mol. The van der Waals surface area contributed by atoms with Gasteiger partial charge in [-0.3, -0.25) is 9.59 Å². The van der Waals surface area contributed by atoms with Crippen LogP contribution in [0, 0.1) is 13.8 Å². The van der Waals surface area contributed by atoms with Crippen LogP contribution in [0.15, 0.2) is 42.5 Å². The number of nitrogens with zero attached hydrogens (tertiary/aromatic N) is 1. The van der Waals surface area contributed by atoms with Gasteiger partial charge in [0.15, 0.2) is 0 Å². The lowest BCUT2D eigenvalue weighted by atomic mass is 10.0. The number of hydrogen-bond acceptors (Lipinski definition) is 2. The third kappa shape index (κ3) is 4.27. The van der Waals surface area contributed by atoms with Gasteiger partial charge in [0.1, 0.15) is 0 Å². The maximum atomic E-state index is 12.4. The Bertz CT molecular complexity index is 775. The molecule has 130 valence electrons. The van der Waals surface area contributed by atoms with Gasteiger partial charge in [0, 0.05) is 24.3 Å². The van der Waals surface area contributed by atoms with Crippen molar-refractivity contribution in [3.05, 3.63) is 64.7 Å². The van der Waals surface area contributed by atoms with Gasteiger partial charge >= 0.3 is 0 Å². The van der Waals surface area contributed by atoms with Crippen molar-refractivity contribution in [1.82, 2.24) is 4.90 Å². The number of hydrogen-bond donors (Lipinski definition) is 1. The van der Waals surface area contributed by atoms with Crippen molar-refractivity contribution in [3.8, 4) is 0 Å². The van der Waals surface area contributed by atoms with Crippen molar-refractivity contribution in [2.45, 2.75) is 33.1 Å². The molecule has 1 aliphatic heterocycles. The first-order chi connectivity index (χ1) is 12.0. The van der Waals surface area contributed by atoms with Gasteiger partial charge < -0.3 is 10.2 Å². The zero-order valence-corrected chi connectivity index (χ0v) is 14.8. The highest BCUT2D eigenvalue weighted by Crippen LogP contribution is 2.16. The highest BCUT2D eigenvalue weighted by atomic mass is 16.2. The molecule has 2 amide bonds. The van der Waals surface area contributed by atoms with E-state index in [1.54, 1.807) is 0 Å². The van der Waals surface area contributed by atoms with Crippen LogP contribution in [-0.2, 0) is 11.2 Å². The second-order valence-corrected chi connectivity index (χ2v) is 6.73. The molecule has 1 aliphatic rings. The molecule has 0 radical (unpaired) electrons. The molecule has 0 saturated carbocycles. The quantitative estimate of drug-likeness (QED) is 0.925. The fourth-order valence-corrected chi connectivity index (χ4v) is 3.23. The largest absolute Gasteiger partial charge is 0.342 e. The summed E-state index contributed by atoms with van der Waals surface area (Å²) < 4.78 is 0. The van der Waals surface area contributed by atoms with E-state index in [1.165, 1.54) is 0 Å². The summed E-state index contributed by atoms with van der Waals surface area (Å²) in [6, 6.07) is 13.3. The highest BCUT2D eigenvalue weighted by Gasteiger charge is 2.18. The Labute approximate surface area is 148 Å². The van der Waals surface area contributed by atoms with E-state index in [9.17, 15) is 9.59 Å². The average Bonchev–Trinajstić information content (AvgIpc) is 3.11. The summed E-state index contributed by atoms with van der Waals surface area (Å²) in [5.41, 5.74) is 4.49. The standard InChI is InChI=1S/C21H24N2O2/c1-15-5-10-19(16(2)13-15)21(25)22-18-8-6-17(7-9-18)14-20(24)23-11-3-4-12-23/h5-10,13H,3-4,11-12,14H2,1-2H3,(H,22,25). The van der Waals surface area contributed by atoms with Gasteiger partial charge in [-0.1, -0.05) is 29.8 Å². The van der Waals surface area contributed by atoms with Gasteiger partial charge in [-0.15, -0.1) is 0 Å². The first-order valence-electron chi connectivity index (χ1n) is 8.78. The third-order valence-corrected chi connectivity index (χ3v) is 4.65. The molecule has 4 heteroatoms. The number of rotatable bonds is 4. The van der Waals surface area contributed by atoms with E-state index in [-0.39, 0.29) is 11.8 Å². The number of carbonyl (C=O) groups is 2. The summed E-state index contributed by atoms with van der Waals surface area (Å²) in [6.45, 7) is 5.71. The lowest BCUT2D eigenvalue weighted by Crippen LogP contribution is -2.29. The van der Waals surface area contributed by atoms with E-state index >= 15 is 0 Å². The van der Waals surface area contributed by atoms with E-state index in [1.807, 2.05) is 61.2 Å². The van der Waals surface area contributed by atoms with Gasteiger partial charge in [0.2, 0.25) is 5.91 Å². The van der Waals surface area contributed by atoms with Crippen LogP contribution in [0.3, 0.4) is 0 Å². The molecule has 0 spiro atoms. The topological polar surface area (TPSA) is 49.4 Å². The molecule has 0 aromatic heterocycles. The summed E-state index contributed by atoms with van der Waals surface area (Å²) in [5, 5.41) is 2.92. The number of carbonyl (C=O) groups excluding carboxylic acids is 2. The van der Waals surface area contributed by atoms with Crippen LogP contribution in [0.4, 0.5) is 5.69 Å². The second kappa shape index (κ2) is 7.51. The minimum absolute atomic E-state index is 0.113. The summed E-state index contributed by atoms with van der Waals surface area (Å²) in [4.78, 5) is 26.5. The van der Waals surface area contributed by atoms with Crippen LogP contribution in [0.5, 0.6) is 0 Å². The van der Waals surface area contributed by atoms with E-state index in [0.29, 0.717) is 12.0 Å². The average molecular weight is 336 g/mol. The van der Waals surface area contributed by atoms with Gasteiger partial charge in [0.05, 0.1) is 6.42 Å². The van der Waals surface area contributed by atoms with Crippen molar-refractivity contribution in [2.75, 3.05) is 18.4 Å². The summed E-state index contributed by atoms with van der Waals surface area (Å²) in [7, 11) is 0. The summed E-state index contributed by atoms with van der Waals surface area (Å²) >= 11 is 0. The Morgan fingerprint density at radius 2 is 1.68 bits per heavy atom. The van der Waals surface area contributed by atoms with Crippen LogP contribution in [-0.4, -0.2) is 29.8 Å². The van der Waals surface area contributed by atoms with E-state index < -0.39 is 0 Å². The molecular formula is C21H24N2O2. The molecule has 1 saturated heterocycles. The number of aryl methyl sites for hydroxylation is 2. The van der Waals surface area contributed by atoms with E-state index in [4.69, 9.17) is 0 Å². The minimum atomic E-state index is -0.113. The SMILES string of the molecule is Cc1ccc(C(=O)Nc2ccc(CC(=O)N3CCCC3)cc2)c(C)c1. The van der Waals surface area contributed by atoms with Gasteiger partial charge in [-0.25, -0.2) is 0 Å². The number of amides is 2. The van der Waals surface area contributed by atoms with Crippen molar-refractivity contribution < 1.29 is 9.59 Å². The molecule has 3 rings (SSSR count). The zero-order chi connectivity index (χ0) is 17.8. The van der Waals surface area contributed by atoms with Crippen LogP contribution in [0.1, 0.15) is 39.9 Å². The summed E-state index contributed by atoms with van der Waals surface area (Å²) in [6.07, 6.45) is 2.63. The first-order valence-corrected chi connectivity index (χ1v) is 8.78. The van der Waals surface area contributed by atoms with Crippen LogP contribution in [0.2, 0.25) is 0 Å². The maximum Gasteiger partial charge on any atom is 0.255 e. The number of likely N-dealkylation sites (tertiary alicyclic amines) is 1. The molecule has 2 aromatic carbocycles. The molecule has 1 heterocycles. The Morgan fingerprint density at radius 1 is 1.00 bits per heavy atom.